The van der Waals surface area contributed by atoms with E-state index in [4.69, 9.17) is 9.47 Å². The molecule has 4 heteroatoms. The number of rotatable bonds is 6. The number of carbonyl (C=O) groups excluding carboxylic acids is 1. The molecule has 3 rings (SSSR count). The van der Waals surface area contributed by atoms with Gasteiger partial charge in [0.2, 0.25) is 0 Å². The number of hydrogen-bond acceptors (Lipinski definition) is 4. The molecule has 1 aliphatic carbocycles. The second-order valence-corrected chi connectivity index (χ2v) is 6.76. The number of methoxy groups -OCH3 is 2. The monoisotopic (exact) mass is 366 g/mol. The fourth-order valence-corrected chi connectivity index (χ4v) is 4.10. The van der Waals surface area contributed by atoms with E-state index in [1.54, 1.807) is 14.2 Å². The van der Waals surface area contributed by atoms with Crippen LogP contribution in [-0.2, 0) is 10.4 Å². The summed E-state index contributed by atoms with van der Waals surface area (Å²) in [5.74, 6) is 0.981. The van der Waals surface area contributed by atoms with Crippen molar-refractivity contribution < 1.29 is 19.4 Å². The van der Waals surface area contributed by atoms with E-state index in [1.807, 2.05) is 62.4 Å². The summed E-state index contributed by atoms with van der Waals surface area (Å²) in [5, 5.41) is 11.9. The molecule has 0 heterocycles. The Bertz CT molecular complexity index is 849. The van der Waals surface area contributed by atoms with Crippen LogP contribution in [0.2, 0.25) is 0 Å². The minimum atomic E-state index is -1.36. The molecule has 0 aromatic heterocycles. The number of hydrogen-bond donors (Lipinski definition) is 1. The number of ether oxygens (including phenoxy) is 2. The normalized spacial score (nSPS) is 22.3. The smallest absolute Gasteiger partial charge is 0.165 e. The molecule has 0 saturated heterocycles. The van der Waals surface area contributed by atoms with Gasteiger partial charge in [-0.15, -0.1) is 0 Å². The fourth-order valence-electron chi connectivity index (χ4n) is 4.10. The zero-order valence-corrected chi connectivity index (χ0v) is 16.3. The van der Waals surface area contributed by atoms with Gasteiger partial charge in [0.15, 0.2) is 5.78 Å². The summed E-state index contributed by atoms with van der Waals surface area (Å²) < 4.78 is 10.5. The third-order valence-electron chi connectivity index (χ3n) is 5.47. The average molecular weight is 366 g/mol. The quantitative estimate of drug-likeness (QED) is 0.825. The molecule has 0 aliphatic heterocycles. The maximum absolute atomic E-state index is 13.1. The number of ketones is 1. The third-order valence-corrected chi connectivity index (χ3v) is 5.47. The summed E-state index contributed by atoms with van der Waals surface area (Å²) in [7, 11) is 3.22. The van der Waals surface area contributed by atoms with Crippen molar-refractivity contribution in [2.24, 2.45) is 5.92 Å². The number of allylic oxidation sites excluding steroid dienone is 1. The van der Waals surface area contributed by atoms with Gasteiger partial charge in [-0.25, -0.2) is 0 Å². The lowest BCUT2D eigenvalue weighted by Crippen LogP contribution is -2.35. The second-order valence-electron chi connectivity index (χ2n) is 6.76. The molecule has 2 aromatic rings. The van der Waals surface area contributed by atoms with Crippen LogP contribution in [0.1, 0.15) is 37.8 Å². The Morgan fingerprint density at radius 2 is 1.44 bits per heavy atom. The zero-order chi connectivity index (χ0) is 19.6. The molecule has 0 saturated carbocycles. The summed E-state index contributed by atoms with van der Waals surface area (Å²) in [4.78, 5) is 13.1. The summed E-state index contributed by atoms with van der Waals surface area (Å²) in [6.07, 6.45) is 1.14. The van der Waals surface area contributed by atoms with Crippen LogP contribution in [-0.4, -0.2) is 25.1 Å². The molecule has 2 aromatic carbocycles. The van der Waals surface area contributed by atoms with Crippen LogP contribution < -0.4 is 9.47 Å². The first kappa shape index (κ1) is 19.2. The van der Waals surface area contributed by atoms with Gasteiger partial charge in [0.05, 0.1) is 20.1 Å². The van der Waals surface area contributed by atoms with E-state index in [9.17, 15) is 9.90 Å². The number of benzene rings is 2. The Hall–Kier alpha value is -2.59. The van der Waals surface area contributed by atoms with E-state index in [2.05, 4.69) is 0 Å². The molecular weight excluding hydrogens is 340 g/mol. The molecular formula is C23H26O4. The summed E-state index contributed by atoms with van der Waals surface area (Å²) >= 11 is 0. The van der Waals surface area contributed by atoms with Gasteiger partial charge in [-0.05, 0) is 48.2 Å². The molecule has 0 unspecified atom stereocenters. The predicted molar refractivity (Wildman–Crippen MR) is 106 cm³/mol. The lowest BCUT2D eigenvalue weighted by molar-refractivity contribution is -0.123. The first-order valence-corrected chi connectivity index (χ1v) is 9.30. The molecule has 1 aliphatic rings. The van der Waals surface area contributed by atoms with Crippen LogP contribution in [0.4, 0.5) is 0 Å². The fraction of sp³-hybridized carbons (Fsp3) is 0.348. The van der Waals surface area contributed by atoms with Crippen LogP contribution in [0.15, 0.2) is 54.1 Å². The molecule has 27 heavy (non-hydrogen) atoms. The van der Waals surface area contributed by atoms with Gasteiger partial charge in [-0.1, -0.05) is 38.1 Å². The highest BCUT2D eigenvalue weighted by Crippen LogP contribution is 2.52. The van der Waals surface area contributed by atoms with Crippen molar-refractivity contribution in [2.75, 3.05) is 14.2 Å². The maximum atomic E-state index is 13.1. The summed E-state index contributed by atoms with van der Waals surface area (Å²) in [5.41, 5.74) is 1.59. The Labute approximate surface area is 160 Å². The SMILES string of the molecule is CCC1=C(c2ccc(OC)cc2)[C@@](O)(c2ccc(OC)cc2)[C@H](CC)C1=O. The van der Waals surface area contributed by atoms with Gasteiger partial charge >= 0.3 is 0 Å². The van der Waals surface area contributed by atoms with Gasteiger partial charge in [-0.3, -0.25) is 4.79 Å². The van der Waals surface area contributed by atoms with Crippen LogP contribution >= 0.6 is 0 Å². The van der Waals surface area contributed by atoms with Crippen molar-refractivity contribution in [3.8, 4) is 11.5 Å². The lowest BCUT2D eigenvalue weighted by Gasteiger charge is -2.33. The molecule has 1 N–H and O–H groups in total. The van der Waals surface area contributed by atoms with Gasteiger partial charge < -0.3 is 14.6 Å². The average Bonchev–Trinajstić information content (AvgIpc) is 2.94. The second kappa shape index (κ2) is 7.57. The molecule has 142 valence electrons. The maximum Gasteiger partial charge on any atom is 0.165 e. The van der Waals surface area contributed by atoms with Crippen molar-refractivity contribution >= 4 is 11.4 Å². The minimum Gasteiger partial charge on any atom is -0.497 e. The first-order valence-electron chi connectivity index (χ1n) is 9.30. The van der Waals surface area contributed by atoms with Gasteiger partial charge in [0.25, 0.3) is 0 Å². The Morgan fingerprint density at radius 3 is 1.89 bits per heavy atom. The highest BCUT2D eigenvalue weighted by atomic mass is 16.5. The largest absolute Gasteiger partial charge is 0.497 e. The van der Waals surface area contributed by atoms with Crippen molar-refractivity contribution in [1.82, 2.24) is 0 Å². The third kappa shape index (κ3) is 3.04. The number of aliphatic hydroxyl groups is 1. The van der Waals surface area contributed by atoms with Crippen LogP contribution in [0.3, 0.4) is 0 Å². The van der Waals surface area contributed by atoms with Crippen molar-refractivity contribution in [2.45, 2.75) is 32.3 Å². The first-order chi connectivity index (χ1) is 13.0. The Kier molecular flexibility index (Phi) is 5.38. The minimum absolute atomic E-state index is 0.0316. The molecule has 0 radical (unpaired) electrons. The van der Waals surface area contributed by atoms with E-state index >= 15 is 0 Å². The van der Waals surface area contributed by atoms with E-state index in [0.717, 1.165) is 11.3 Å². The molecule has 0 bridgehead atoms. The van der Waals surface area contributed by atoms with Crippen LogP contribution in [0.5, 0.6) is 11.5 Å². The Morgan fingerprint density at radius 1 is 0.926 bits per heavy atom. The number of Topliss-reactive ketones (excluding diaryl/α,β-unsaturated/α-hetero) is 1. The van der Waals surface area contributed by atoms with E-state index in [1.165, 1.54) is 0 Å². The lowest BCUT2D eigenvalue weighted by atomic mass is 9.76. The number of carbonyl (C=O) groups is 1. The standard InChI is InChI=1S/C23H26O4/c1-5-19-21(15-7-11-17(26-3)12-8-15)23(25,20(6-2)22(19)24)16-9-13-18(27-4)14-10-16/h7-14,20,25H,5-6H2,1-4H3/t20-,23-/m1/s1. The molecule has 0 fully saturated rings. The molecule has 4 nitrogen and oxygen atoms in total. The van der Waals surface area contributed by atoms with Gasteiger partial charge in [0.1, 0.15) is 17.1 Å². The van der Waals surface area contributed by atoms with E-state index in [-0.39, 0.29) is 5.78 Å². The highest BCUT2D eigenvalue weighted by Gasteiger charge is 2.52. The zero-order valence-electron chi connectivity index (χ0n) is 16.3. The summed E-state index contributed by atoms with van der Waals surface area (Å²) in [6, 6.07) is 14.9. The topological polar surface area (TPSA) is 55.8 Å². The van der Waals surface area contributed by atoms with Crippen molar-refractivity contribution in [3.63, 3.8) is 0 Å². The predicted octanol–water partition coefficient (Wildman–Crippen LogP) is 4.36. The van der Waals surface area contributed by atoms with E-state index < -0.39 is 11.5 Å². The molecule has 0 spiro atoms. The van der Waals surface area contributed by atoms with Gasteiger partial charge in [-0.2, -0.15) is 0 Å². The highest BCUT2D eigenvalue weighted by molar-refractivity contribution is 6.11. The van der Waals surface area contributed by atoms with Gasteiger partial charge in [0, 0.05) is 11.1 Å². The molecule has 2 atom stereocenters. The van der Waals surface area contributed by atoms with Crippen molar-refractivity contribution in [3.05, 3.63) is 65.2 Å². The molecule has 0 amide bonds. The van der Waals surface area contributed by atoms with Crippen LogP contribution in [0.25, 0.3) is 5.57 Å². The van der Waals surface area contributed by atoms with Crippen LogP contribution in [0, 0.1) is 5.92 Å². The van der Waals surface area contributed by atoms with Crippen molar-refractivity contribution in [1.29, 1.82) is 0 Å². The summed E-state index contributed by atoms with van der Waals surface area (Å²) in [6.45, 7) is 3.91. The van der Waals surface area contributed by atoms with E-state index in [0.29, 0.717) is 35.3 Å². The Balaban J connectivity index is 2.22.